The zero-order chi connectivity index (χ0) is 17.1. The molecule has 0 aliphatic rings. The molecular weight excluding hydrogens is 316 g/mol. The molecule has 0 aliphatic heterocycles. The molecule has 2 aromatic rings. The molecule has 5 nitrogen and oxygen atoms in total. The van der Waals surface area contributed by atoms with Crippen LogP contribution in [0.15, 0.2) is 36.4 Å². The average Bonchev–Trinajstić information content (AvgIpc) is 2.49. The van der Waals surface area contributed by atoms with E-state index in [2.05, 4.69) is 5.32 Å². The quantitative estimate of drug-likeness (QED) is 0.668. The Bertz CT molecular complexity index is 774. The van der Waals surface area contributed by atoms with Crippen LogP contribution in [0.25, 0.3) is 0 Å². The normalized spacial score (nSPS) is 11.8. The zero-order valence-electron chi connectivity index (χ0n) is 13.1. The molecule has 1 atom stereocenters. The van der Waals surface area contributed by atoms with E-state index in [0.29, 0.717) is 0 Å². The van der Waals surface area contributed by atoms with Crippen molar-refractivity contribution >= 4 is 23.2 Å². The monoisotopic (exact) mass is 332 g/mol. The van der Waals surface area contributed by atoms with E-state index in [4.69, 9.17) is 11.6 Å². The van der Waals surface area contributed by atoms with Gasteiger partial charge in [-0.1, -0.05) is 35.4 Å². The number of nitrogens with one attached hydrogen (secondary N) is 1. The highest BCUT2D eigenvalue weighted by Gasteiger charge is 2.22. The fourth-order valence-electron chi connectivity index (χ4n) is 2.43. The molecule has 23 heavy (non-hydrogen) atoms. The van der Waals surface area contributed by atoms with E-state index in [9.17, 15) is 14.9 Å². The van der Waals surface area contributed by atoms with Crippen molar-refractivity contribution < 1.29 is 9.72 Å². The highest BCUT2D eigenvalue weighted by atomic mass is 35.5. The number of nitrogens with zero attached hydrogens (tertiary/aromatic N) is 1. The minimum Gasteiger partial charge on any atom is -0.345 e. The lowest BCUT2D eigenvalue weighted by molar-refractivity contribution is -0.385. The molecule has 0 bridgehead atoms. The number of rotatable bonds is 4. The maximum absolute atomic E-state index is 12.4. The lowest BCUT2D eigenvalue weighted by Crippen LogP contribution is -2.27. The molecule has 0 heterocycles. The van der Waals surface area contributed by atoms with Gasteiger partial charge in [0.1, 0.15) is 5.56 Å². The number of nitro groups is 1. The molecule has 120 valence electrons. The van der Waals surface area contributed by atoms with E-state index < -0.39 is 10.8 Å². The van der Waals surface area contributed by atoms with Gasteiger partial charge in [-0.2, -0.15) is 0 Å². The second-order valence-corrected chi connectivity index (χ2v) is 5.91. The SMILES string of the molecule is Cc1ccc(C)c([C@@H](C)NC(=O)c2ccc(Cl)cc2[N+](=O)[O-])c1. The first-order valence-electron chi connectivity index (χ1n) is 7.11. The first-order valence-corrected chi connectivity index (χ1v) is 7.49. The Labute approximate surface area is 139 Å². The third kappa shape index (κ3) is 3.87. The largest absolute Gasteiger partial charge is 0.345 e. The van der Waals surface area contributed by atoms with Gasteiger partial charge < -0.3 is 5.32 Å². The minimum atomic E-state index is -0.608. The molecule has 2 aromatic carbocycles. The standard InChI is InChI=1S/C17H17ClN2O3/c1-10-4-5-11(2)15(8-10)12(3)19-17(21)14-7-6-13(18)9-16(14)20(22)23/h4-9,12H,1-3H3,(H,19,21)/t12-/m1/s1. The predicted molar refractivity (Wildman–Crippen MR) is 89.9 cm³/mol. The maximum atomic E-state index is 12.4. The number of amides is 1. The molecule has 0 radical (unpaired) electrons. The van der Waals surface area contributed by atoms with E-state index in [1.807, 2.05) is 39.0 Å². The van der Waals surface area contributed by atoms with E-state index >= 15 is 0 Å². The fraction of sp³-hybridized carbons (Fsp3) is 0.235. The molecule has 1 N–H and O–H groups in total. The Kier molecular flexibility index (Phi) is 5.01. The van der Waals surface area contributed by atoms with Crippen LogP contribution >= 0.6 is 11.6 Å². The summed E-state index contributed by atoms with van der Waals surface area (Å²) in [6.07, 6.45) is 0. The highest BCUT2D eigenvalue weighted by Crippen LogP contribution is 2.25. The van der Waals surface area contributed by atoms with Gasteiger partial charge in [-0.25, -0.2) is 0 Å². The topological polar surface area (TPSA) is 72.2 Å². The van der Waals surface area contributed by atoms with Crippen LogP contribution in [0.2, 0.25) is 5.02 Å². The van der Waals surface area contributed by atoms with E-state index in [1.54, 1.807) is 0 Å². The van der Waals surface area contributed by atoms with Crippen LogP contribution in [0, 0.1) is 24.0 Å². The highest BCUT2D eigenvalue weighted by molar-refractivity contribution is 6.31. The molecular formula is C17H17ClN2O3. The van der Waals surface area contributed by atoms with Crippen molar-refractivity contribution in [1.82, 2.24) is 5.32 Å². The van der Waals surface area contributed by atoms with Gasteiger partial charge in [0.2, 0.25) is 0 Å². The second-order valence-electron chi connectivity index (χ2n) is 5.47. The summed E-state index contributed by atoms with van der Waals surface area (Å²) in [6, 6.07) is 9.72. The van der Waals surface area contributed by atoms with Crippen LogP contribution in [0.1, 0.15) is 40.0 Å². The first kappa shape index (κ1) is 17.0. The second kappa shape index (κ2) is 6.79. The lowest BCUT2D eigenvalue weighted by atomic mass is 9.99. The molecule has 0 aromatic heterocycles. The third-order valence-corrected chi connectivity index (χ3v) is 3.89. The fourth-order valence-corrected chi connectivity index (χ4v) is 2.59. The van der Waals surface area contributed by atoms with Gasteiger partial charge in [0.25, 0.3) is 11.6 Å². The summed E-state index contributed by atoms with van der Waals surface area (Å²) >= 11 is 5.77. The molecule has 1 amide bonds. The van der Waals surface area contributed by atoms with Crippen molar-refractivity contribution in [2.45, 2.75) is 26.8 Å². The number of aryl methyl sites for hydroxylation is 2. The summed E-state index contributed by atoms with van der Waals surface area (Å²) in [5, 5.41) is 14.1. The van der Waals surface area contributed by atoms with Gasteiger partial charge >= 0.3 is 0 Å². The first-order chi connectivity index (χ1) is 10.8. The Morgan fingerprint density at radius 1 is 1.22 bits per heavy atom. The van der Waals surface area contributed by atoms with Crippen LogP contribution in [0.4, 0.5) is 5.69 Å². The Balaban J connectivity index is 2.29. The molecule has 6 heteroatoms. The van der Waals surface area contributed by atoms with Crippen LogP contribution in [0.5, 0.6) is 0 Å². The molecule has 0 saturated carbocycles. The average molecular weight is 333 g/mol. The third-order valence-electron chi connectivity index (χ3n) is 3.65. The van der Waals surface area contributed by atoms with E-state index in [-0.39, 0.29) is 22.3 Å². The predicted octanol–water partition coefficient (Wildman–Crippen LogP) is 4.36. The van der Waals surface area contributed by atoms with E-state index in [0.717, 1.165) is 16.7 Å². The maximum Gasteiger partial charge on any atom is 0.283 e. The minimum absolute atomic E-state index is 0.00319. The van der Waals surface area contributed by atoms with Crippen molar-refractivity contribution in [1.29, 1.82) is 0 Å². The van der Waals surface area contributed by atoms with Crippen molar-refractivity contribution in [2.24, 2.45) is 0 Å². The van der Waals surface area contributed by atoms with Crippen LogP contribution in [-0.2, 0) is 0 Å². The Morgan fingerprint density at radius 3 is 2.57 bits per heavy atom. The number of nitro benzene ring substituents is 1. The van der Waals surface area contributed by atoms with Crippen molar-refractivity contribution in [3.05, 3.63) is 73.8 Å². The van der Waals surface area contributed by atoms with Gasteiger partial charge in [-0.05, 0) is 44.0 Å². The zero-order valence-corrected chi connectivity index (χ0v) is 13.8. The number of halogens is 1. The number of benzene rings is 2. The smallest absolute Gasteiger partial charge is 0.283 e. The molecule has 0 aliphatic carbocycles. The van der Waals surface area contributed by atoms with Gasteiger partial charge in [-0.3, -0.25) is 14.9 Å². The van der Waals surface area contributed by atoms with Crippen molar-refractivity contribution in [3.8, 4) is 0 Å². The summed E-state index contributed by atoms with van der Waals surface area (Å²) in [7, 11) is 0. The summed E-state index contributed by atoms with van der Waals surface area (Å²) in [6.45, 7) is 5.78. The molecule has 0 spiro atoms. The van der Waals surface area contributed by atoms with E-state index in [1.165, 1.54) is 18.2 Å². The lowest BCUT2D eigenvalue weighted by Gasteiger charge is -2.17. The molecule has 0 fully saturated rings. The van der Waals surface area contributed by atoms with Gasteiger partial charge in [0, 0.05) is 11.1 Å². The Morgan fingerprint density at radius 2 is 1.91 bits per heavy atom. The molecule has 0 saturated heterocycles. The molecule has 0 unspecified atom stereocenters. The number of hydrogen-bond donors (Lipinski definition) is 1. The van der Waals surface area contributed by atoms with Gasteiger partial charge in [-0.15, -0.1) is 0 Å². The van der Waals surface area contributed by atoms with Gasteiger partial charge in [0.15, 0.2) is 0 Å². The summed E-state index contributed by atoms with van der Waals surface area (Å²) in [4.78, 5) is 22.9. The summed E-state index contributed by atoms with van der Waals surface area (Å²) in [5.41, 5.74) is 2.81. The van der Waals surface area contributed by atoms with Gasteiger partial charge in [0.05, 0.1) is 11.0 Å². The van der Waals surface area contributed by atoms with Crippen LogP contribution in [-0.4, -0.2) is 10.8 Å². The van der Waals surface area contributed by atoms with Crippen LogP contribution in [0.3, 0.4) is 0 Å². The van der Waals surface area contributed by atoms with Crippen LogP contribution < -0.4 is 5.32 Å². The molecule has 2 rings (SSSR count). The van der Waals surface area contributed by atoms with Crippen molar-refractivity contribution in [2.75, 3.05) is 0 Å². The number of carbonyl (C=O) groups excluding carboxylic acids is 1. The summed E-state index contributed by atoms with van der Waals surface area (Å²) in [5.74, 6) is -0.498. The number of hydrogen-bond acceptors (Lipinski definition) is 3. The number of carbonyl (C=O) groups is 1. The Hall–Kier alpha value is -2.40. The summed E-state index contributed by atoms with van der Waals surface area (Å²) < 4.78 is 0. The van der Waals surface area contributed by atoms with Crippen molar-refractivity contribution in [3.63, 3.8) is 0 Å².